The maximum atomic E-state index is 11.0. The van der Waals surface area contributed by atoms with Gasteiger partial charge in [-0.05, 0) is 23.8 Å². The van der Waals surface area contributed by atoms with Gasteiger partial charge in [0.05, 0.1) is 6.10 Å². The lowest BCUT2D eigenvalue weighted by Gasteiger charge is -2.24. The van der Waals surface area contributed by atoms with E-state index in [1.54, 1.807) is 0 Å². The number of aliphatic hydroxyl groups excluding tert-OH is 1. The molecule has 4 heteroatoms. The first-order valence-electron chi connectivity index (χ1n) is 9.43. The molecule has 138 valence electrons. The van der Waals surface area contributed by atoms with Crippen LogP contribution in [-0.2, 0) is 6.42 Å². The Kier molecular flexibility index (Phi) is 5.47. The van der Waals surface area contributed by atoms with Crippen molar-refractivity contribution >= 4 is 0 Å². The third-order valence-corrected chi connectivity index (χ3v) is 5.04. The van der Waals surface area contributed by atoms with Gasteiger partial charge >= 0.3 is 0 Å². The molecule has 2 heterocycles. The summed E-state index contributed by atoms with van der Waals surface area (Å²) < 4.78 is 6.30. The van der Waals surface area contributed by atoms with E-state index in [9.17, 15) is 5.11 Å². The topological polar surface area (TPSA) is 54.4 Å². The van der Waals surface area contributed by atoms with Gasteiger partial charge in [0.25, 0.3) is 0 Å². The minimum absolute atomic E-state index is 0.0948. The van der Waals surface area contributed by atoms with Crippen LogP contribution in [0.1, 0.15) is 35.4 Å². The lowest BCUT2D eigenvalue weighted by Crippen LogP contribution is -2.37. The van der Waals surface area contributed by atoms with Gasteiger partial charge in [0.1, 0.15) is 11.9 Å². The highest BCUT2D eigenvalue weighted by molar-refractivity contribution is 5.38. The van der Waals surface area contributed by atoms with Gasteiger partial charge < -0.3 is 15.2 Å². The number of benzene rings is 2. The molecule has 0 bridgehead atoms. The standard InChI is InChI=1S/C23H24N2O2/c26-23-19-11-4-5-12-21(19)27-22(17-8-2-1-3-9-17)16-20(23)25-15-13-18-10-6-7-14-24-18/h1-12,14,20,22-23,25-26H,13,15-16H2. The Balaban J connectivity index is 1.54. The molecule has 0 fully saturated rings. The molecule has 3 unspecified atom stereocenters. The summed E-state index contributed by atoms with van der Waals surface area (Å²) in [5.41, 5.74) is 3.01. The van der Waals surface area contributed by atoms with Crippen molar-refractivity contribution in [3.05, 3.63) is 95.8 Å². The zero-order valence-corrected chi connectivity index (χ0v) is 15.2. The lowest BCUT2D eigenvalue weighted by molar-refractivity contribution is 0.112. The number of nitrogens with one attached hydrogen (secondary N) is 1. The van der Waals surface area contributed by atoms with Crippen molar-refractivity contribution in [1.29, 1.82) is 0 Å². The van der Waals surface area contributed by atoms with Crippen LogP contribution in [0.3, 0.4) is 0 Å². The first-order chi connectivity index (χ1) is 13.3. The zero-order valence-electron chi connectivity index (χ0n) is 15.2. The van der Waals surface area contributed by atoms with Crippen molar-refractivity contribution in [1.82, 2.24) is 10.3 Å². The normalized spacial score (nSPS) is 21.7. The molecule has 0 amide bonds. The Morgan fingerprint density at radius 2 is 1.74 bits per heavy atom. The predicted molar refractivity (Wildman–Crippen MR) is 106 cm³/mol. The molecule has 0 saturated heterocycles. The summed E-state index contributed by atoms with van der Waals surface area (Å²) in [4.78, 5) is 4.37. The van der Waals surface area contributed by atoms with Crippen molar-refractivity contribution in [2.24, 2.45) is 0 Å². The van der Waals surface area contributed by atoms with E-state index in [1.165, 1.54) is 0 Å². The van der Waals surface area contributed by atoms with Crippen molar-refractivity contribution < 1.29 is 9.84 Å². The second-order valence-corrected chi connectivity index (χ2v) is 6.87. The molecular formula is C23H24N2O2. The molecule has 4 rings (SSSR count). The van der Waals surface area contributed by atoms with Gasteiger partial charge in [-0.2, -0.15) is 0 Å². The summed E-state index contributed by atoms with van der Waals surface area (Å²) >= 11 is 0. The van der Waals surface area contributed by atoms with Crippen LogP contribution in [0.25, 0.3) is 0 Å². The zero-order chi connectivity index (χ0) is 18.5. The third kappa shape index (κ3) is 4.18. The fraction of sp³-hybridized carbons (Fsp3) is 0.261. The van der Waals surface area contributed by atoms with Crippen LogP contribution in [0.15, 0.2) is 79.0 Å². The number of hydrogen-bond acceptors (Lipinski definition) is 4. The molecule has 0 aliphatic carbocycles. The molecule has 4 nitrogen and oxygen atoms in total. The Morgan fingerprint density at radius 1 is 0.963 bits per heavy atom. The van der Waals surface area contributed by atoms with Crippen molar-refractivity contribution in [3.63, 3.8) is 0 Å². The summed E-state index contributed by atoms with van der Waals surface area (Å²) in [6, 6.07) is 23.8. The number of rotatable bonds is 5. The molecule has 0 saturated carbocycles. The Bertz CT molecular complexity index is 855. The molecule has 1 aliphatic heterocycles. The average molecular weight is 360 g/mol. The van der Waals surface area contributed by atoms with Gasteiger partial charge in [0.2, 0.25) is 0 Å². The molecule has 3 aromatic rings. The van der Waals surface area contributed by atoms with Crippen molar-refractivity contribution in [3.8, 4) is 5.75 Å². The van der Waals surface area contributed by atoms with E-state index in [4.69, 9.17) is 4.74 Å². The summed E-state index contributed by atoms with van der Waals surface area (Å²) in [5, 5.41) is 14.5. The van der Waals surface area contributed by atoms with Gasteiger partial charge in [0, 0.05) is 42.9 Å². The minimum atomic E-state index is -0.612. The second-order valence-electron chi connectivity index (χ2n) is 6.87. The van der Waals surface area contributed by atoms with E-state index in [0.717, 1.165) is 35.5 Å². The fourth-order valence-corrected chi connectivity index (χ4v) is 3.61. The SMILES string of the molecule is OC1c2ccccc2OC(c2ccccc2)CC1NCCc1ccccn1. The number of aromatic nitrogens is 1. The molecule has 2 aromatic carbocycles. The smallest absolute Gasteiger partial charge is 0.126 e. The highest BCUT2D eigenvalue weighted by Crippen LogP contribution is 2.38. The van der Waals surface area contributed by atoms with E-state index in [-0.39, 0.29) is 12.1 Å². The summed E-state index contributed by atoms with van der Waals surface area (Å²) in [6.45, 7) is 0.752. The van der Waals surface area contributed by atoms with Crippen LogP contribution in [0, 0.1) is 0 Å². The third-order valence-electron chi connectivity index (χ3n) is 5.04. The largest absolute Gasteiger partial charge is 0.485 e. The Morgan fingerprint density at radius 3 is 2.56 bits per heavy atom. The molecule has 2 N–H and O–H groups in total. The van der Waals surface area contributed by atoms with E-state index in [1.807, 2.05) is 66.9 Å². The van der Waals surface area contributed by atoms with Crippen LogP contribution in [0.2, 0.25) is 0 Å². The number of ether oxygens (including phenoxy) is 1. The Hall–Kier alpha value is -2.69. The van der Waals surface area contributed by atoms with Gasteiger partial charge in [-0.1, -0.05) is 54.6 Å². The maximum absolute atomic E-state index is 11.0. The van der Waals surface area contributed by atoms with Crippen LogP contribution in [0.5, 0.6) is 5.75 Å². The number of aliphatic hydroxyl groups is 1. The van der Waals surface area contributed by atoms with E-state index >= 15 is 0 Å². The predicted octanol–water partition coefficient (Wildman–Crippen LogP) is 3.84. The number of fused-ring (bicyclic) bond motifs is 1. The van der Waals surface area contributed by atoms with Gasteiger partial charge in [0.15, 0.2) is 0 Å². The van der Waals surface area contributed by atoms with Crippen LogP contribution in [-0.4, -0.2) is 22.7 Å². The summed E-state index contributed by atoms with van der Waals surface area (Å²) in [7, 11) is 0. The van der Waals surface area contributed by atoms with E-state index < -0.39 is 6.10 Å². The first kappa shape index (κ1) is 17.7. The van der Waals surface area contributed by atoms with Crippen LogP contribution < -0.4 is 10.1 Å². The molecule has 1 aromatic heterocycles. The number of pyridine rings is 1. The quantitative estimate of drug-likeness (QED) is 0.726. The average Bonchev–Trinajstić information content (AvgIpc) is 2.87. The molecule has 3 atom stereocenters. The highest BCUT2D eigenvalue weighted by Gasteiger charge is 2.32. The number of hydrogen-bond donors (Lipinski definition) is 2. The van der Waals surface area contributed by atoms with Gasteiger partial charge in [-0.15, -0.1) is 0 Å². The molecule has 0 spiro atoms. The highest BCUT2D eigenvalue weighted by atomic mass is 16.5. The molecule has 1 aliphatic rings. The summed E-state index contributed by atoms with van der Waals surface area (Å²) in [6.07, 6.45) is 2.62. The van der Waals surface area contributed by atoms with E-state index in [0.29, 0.717) is 6.42 Å². The van der Waals surface area contributed by atoms with Gasteiger partial charge in [-0.3, -0.25) is 4.98 Å². The fourth-order valence-electron chi connectivity index (χ4n) is 3.61. The lowest BCUT2D eigenvalue weighted by atomic mass is 9.95. The van der Waals surface area contributed by atoms with Crippen LogP contribution >= 0.6 is 0 Å². The van der Waals surface area contributed by atoms with Crippen LogP contribution in [0.4, 0.5) is 0 Å². The van der Waals surface area contributed by atoms with Crippen molar-refractivity contribution in [2.75, 3.05) is 6.54 Å². The summed E-state index contributed by atoms with van der Waals surface area (Å²) in [5.74, 6) is 0.757. The number of nitrogens with zero attached hydrogens (tertiary/aromatic N) is 1. The van der Waals surface area contributed by atoms with Gasteiger partial charge in [-0.25, -0.2) is 0 Å². The molecule has 0 radical (unpaired) electrons. The maximum Gasteiger partial charge on any atom is 0.126 e. The van der Waals surface area contributed by atoms with Crippen molar-refractivity contribution in [2.45, 2.75) is 31.1 Å². The first-order valence-corrected chi connectivity index (χ1v) is 9.43. The molecular weight excluding hydrogens is 336 g/mol. The van der Waals surface area contributed by atoms with E-state index in [2.05, 4.69) is 22.4 Å². The number of para-hydroxylation sites is 1. The monoisotopic (exact) mass is 360 g/mol. The Labute approximate surface area is 159 Å². The molecule has 27 heavy (non-hydrogen) atoms. The minimum Gasteiger partial charge on any atom is -0.485 e. The second kappa shape index (κ2) is 8.33.